The number of nitrogens with zero attached hydrogens (tertiary/aromatic N) is 4. The summed E-state index contributed by atoms with van der Waals surface area (Å²) < 4.78 is 6.20. The monoisotopic (exact) mass is 399 g/mol. The first-order chi connectivity index (χ1) is 13.6. The minimum absolute atomic E-state index is 0.0871. The van der Waals surface area contributed by atoms with E-state index in [0.29, 0.717) is 34.8 Å². The molecule has 0 aliphatic carbocycles. The number of likely N-dealkylation sites (N-methyl/N-ethyl adjacent to an activating group) is 1. The molecular formula is C19H21N5O3S. The fourth-order valence-electron chi connectivity index (χ4n) is 3.95. The number of carbonyl (C=O) groups excluding carboxylic acids is 1. The van der Waals surface area contributed by atoms with Crippen LogP contribution in [0.25, 0.3) is 21.7 Å². The van der Waals surface area contributed by atoms with Gasteiger partial charge < -0.3 is 24.6 Å². The molecule has 8 nitrogen and oxygen atoms in total. The Balaban J connectivity index is 1.61. The van der Waals surface area contributed by atoms with Crippen LogP contribution >= 0.6 is 11.3 Å². The number of hydrogen-bond donors (Lipinski definition) is 2. The summed E-state index contributed by atoms with van der Waals surface area (Å²) >= 11 is 1.52. The molecule has 2 atom stereocenters. The molecule has 146 valence electrons. The van der Waals surface area contributed by atoms with E-state index in [1.807, 2.05) is 11.4 Å². The number of oxazole rings is 1. The van der Waals surface area contributed by atoms with Crippen molar-refractivity contribution in [2.45, 2.75) is 18.5 Å². The summed E-state index contributed by atoms with van der Waals surface area (Å²) in [5, 5.41) is 15.4. The van der Waals surface area contributed by atoms with E-state index < -0.39 is 0 Å². The van der Waals surface area contributed by atoms with E-state index in [1.165, 1.54) is 22.7 Å². The number of amides is 1. The van der Waals surface area contributed by atoms with Crippen molar-refractivity contribution in [2.75, 3.05) is 38.2 Å². The predicted octanol–water partition coefficient (Wildman–Crippen LogP) is 1.57. The number of nitrogens with one attached hydrogen (secondary N) is 1. The van der Waals surface area contributed by atoms with Gasteiger partial charge in [0.2, 0.25) is 0 Å². The van der Waals surface area contributed by atoms with Crippen molar-refractivity contribution in [3.05, 3.63) is 29.3 Å². The number of hydrogen-bond acceptors (Lipinski definition) is 8. The number of carbonyl (C=O) groups is 1. The van der Waals surface area contributed by atoms with Crippen LogP contribution in [-0.2, 0) is 0 Å². The van der Waals surface area contributed by atoms with Gasteiger partial charge in [0.15, 0.2) is 5.58 Å². The van der Waals surface area contributed by atoms with Gasteiger partial charge in [-0.2, -0.15) is 4.98 Å². The van der Waals surface area contributed by atoms with Crippen LogP contribution in [0.15, 0.2) is 28.1 Å². The maximum Gasteiger partial charge on any atom is 0.298 e. The van der Waals surface area contributed by atoms with Crippen LogP contribution in [-0.4, -0.2) is 71.3 Å². The highest BCUT2D eigenvalue weighted by molar-refractivity contribution is 7.13. The second-order valence-electron chi connectivity index (χ2n) is 7.32. The minimum atomic E-state index is -0.187. The van der Waals surface area contributed by atoms with Gasteiger partial charge >= 0.3 is 0 Å². The Morgan fingerprint density at radius 1 is 1.43 bits per heavy atom. The molecule has 3 aromatic rings. The Hall–Kier alpha value is -2.49. The van der Waals surface area contributed by atoms with Crippen molar-refractivity contribution in [1.29, 1.82) is 0 Å². The maximum atomic E-state index is 12.9. The lowest BCUT2D eigenvalue weighted by atomic mass is 9.92. The number of aliphatic hydroxyl groups excluding tert-OH is 1. The summed E-state index contributed by atoms with van der Waals surface area (Å²) in [5.74, 6) is -0.187. The number of piperazine rings is 1. The fourth-order valence-corrected chi connectivity index (χ4v) is 4.61. The van der Waals surface area contributed by atoms with E-state index in [2.05, 4.69) is 15.2 Å². The van der Waals surface area contributed by atoms with E-state index in [-0.39, 0.29) is 19.1 Å². The van der Waals surface area contributed by atoms with Gasteiger partial charge in [0.05, 0.1) is 17.7 Å². The molecule has 1 aromatic carbocycles. The van der Waals surface area contributed by atoms with Crippen molar-refractivity contribution in [1.82, 2.24) is 20.2 Å². The van der Waals surface area contributed by atoms with Crippen LogP contribution in [0.4, 0.5) is 6.01 Å². The Labute approximate surface area is 165 Å². The number of anilines is 1. The SMILES string of the molecule is CN(CCO)C(=O)c1ccc(-c2nccs2)c2oc(N3CC4CC(C3)N4)nc12. The first-order valence-corrected chi connectivity index (χ1v) is 10.2. The zero-order valence-corrected chi connectivity index (χ0v) is 16.3. The van der Waals surface area contributed by atoms with Gasteiger partial charge in [-0.25, -0.2) is 4.98 Å². The maximum absolute atomic E-state index is 12.9. The molecule has 5 heterocycles. The van der Waals surface area contributed by atoms with Crippen molar-refractivity contribution >= 4 is 34.4 Å². The smallest absolute Gasteiger partial charge is 0.298 e. The summed E-state index contributed by atoms with van der Waals surface area (Å²) in [6.07, 6.45) is 2.94. The number of aliphatic hydroxyl groups is 1. The van der Waals surface area contributed by atoms with Crippen molar-refractivity contribution < 1.29 is 14.3 Å². The highest BCUT2D eigenvalue weighted by Crippen LogP contribution is 2.36. The predicted molar refractivity (Wildman–Crippen MR) is 107 cm³/mol. The number of piperidine rings is 1. The highest BCUT2D eigenvalue weighted by atomic mass is 32.1. The third-order valence-electron chi connectivity index (χ3n) is 5.40. The first-order valence-electron chi connectivity index (χ1n) is 9.34. The molecule has 2 aromatic heterocycles. The fraction of sp³-hybridized carbons (Fsp3) is 0.421. The van der Waals surface area contributed by atoms with Crippen LogP contribution in [0.2, 0.25) is 0 Å². The van der Waals surface area contributed by atoms with Crippen LogP contribution in [0.5, 0.6) is 0 Å². The van der Waals surface area contributed by atoms with E-state index >= 15 is 0 Å². The molecule has 3 aliphatic heterocycles. The molecule has 0 saturated carbocycles. The molecule has 6 rings (SSSR count). The van der Waals surface area contributed by atoms with Gasteiger partial charge in [0.25, 0.3) is 11.9 Å². The van der Waals surface area contributed by atoms with E-state index in [0.717, 1.165) is 23.7 Å². The first kappa shape index (κ1) is 17.6. The summed E-state index contributed by atoms with van der Waals surface area (Å²) in [5.41, 5.74) is 2.44. The molecule has 1 amide bonds. The lowest BCUT2D eigenvalue weighted by Crippen LogP contribution is -2.67. The van der Waals surface area contributed by atoms with Gasteiger partial charge in [-0.1, -0.05) is 0 Å². The van der Waals surface area contributed by atoms with Crippen LogP contribution in [0, 0.1) is 0 Å². The Morgan fingerprint density at radius 2 is 2.21 bits per heavy atom. The molecule has 3 saturated heterocycles. The second kappa shape index (κ2) is 6.84. The summed E-state index contributed by atoms with van der Waals surface area (Å²) in [6.45, 7) is 1.88. The van der Waals surface area contributed by atoms with E-state index in [4.69, 9.17) is 9.40 Å². The molecule has 9 heteroatoms. The topological polar surface area (TPSA) is 94.7 Å². The molecule has 28 heavy (non-hydrogen) atoms. The average molecular weight is 399 g/mol. The number of thiazole rings is 1. The van der Waals surface area contributed by atoms with Gasteiger partial charge in [-0.15, -0.1) is 11.3 Å². The number of fused-ring (bicyclic) bond motifs is 3. The molecule has 2 N–H and O–H groups in total. The lowest BCUT2D eigenvalue weighted by molar-refractivity contribution is 0.0768. The van der Waals surface area contributed by atoms with Crippen molar-refractivity contribution in [2.24, 2.45) is 0 Å². The Kier molecular flexibility index (Phi) is 4.30. The van der Waals surface area contributed by atoms with Crippen molar-refractivity contribution in [3.63, 3.8) is 0 Å². The van der Waals surface area contributed by atoms with Gasteiger partial charge in [0, 0.05) is 50.3 Å². The molecule has 3 aliphatic rings. The van der Waals surface area contributed by atoms with E-state index in [1.54, 1.807) is 19.3 Å². The molecule has 2 unspecified atom stereocenters. The summed E-state index contributed by atoms with van der Waals surface area (Å²) in [7, 11) is 1.67. The molecule has 0 spiro atoms. The third kappa shape index (κ3) is 2.86. The second-order valence-corrected chi connectivity index (χ2v) is 8.22. The van der Waals surface area contributed by atoms with Crippen LogP contribution < -0.4 is 10.2 Å². The normalized spacial score (nSPS) is 21.0. The molecule has 0 radical (unpaired) electrons. The number of aromatic nitrogens is 2. The lowest BCUT2D eigenvalue weighted by Gasteiger charge is -2.47. The number of rotatable bonds is 5. The average Bonchev–Trinajstić information content (AvgIpc) is 3.36. The van der Waals surface area contributed by atoms with Gasteiger partial charge in [-0.05, 0) is 18.6 Å². The van der Waals surface area contributed by atoms with Crippen molar-refractivity contribution in [3.8, 4) is 10.6 Å². The van der Waals surface area contributed by atoms with E-state index in [9.17, 15) is 9.90 Å². The standard InChI is InChI=1S/C19H21N5O3S/c1-23(5-6-25)18(26)13-2-3-14(17-20-4-7-28-17)16-15(13)22-19(27-16)24-9-11-8-12(10-24)21-11/h2-4,7,11-12,21,25H,5-6,8-10H2,1H3. The summed E-state index contributed by atoms with van der Waals surface area (Å²) in [4.78, 5) is 25.6. The summed E-state index contributed by atoms with van der Waals surface area (Å²) in [6, 6.07) is 5.14. The molecular weight excluding hydrogens is 378 g/mol. The Morgan fingerprint density at radius 3 is 2.89 bits per heavy atom. The zero-order chi connectivity index (χ0) is 19.3. The van der Waals surface area contributed by atoms with Crippen LogP contribution in [0.3, 0.4) is 0 Å². The quantitative estimate of drug-likeness (QED) is 0.672. The van der Waals surface area contributed by atoms with Crippen LogP contribution in [0.1, 0.15) is 16.8 Å². The third-order valence-corrected chi connectivity index (χ3v) is 6.21. The molecule has 2 bridgehead atoms. The zero-order valence-electron chi connectivity index (χ0n) is 15.5. The van der Waals surface area contributed by atoms with Gasteiger partial charge in [0.1, 0.15) is 10.5 Å². The largest absolute Gasteiger partial charge is 0.423 e. The molecule has 3 fully saturated rings. The Bertz CT molecular complexity index is 1000. The number of benzene rings is 1. The highest BCUT2D eigenvalue weighted by Gasteiger charge is 2.38. The minimum Gasteiger partial charge on any atom is -0.423 e. The van der Waals surface area contributed by atoms with Gasteiger partial charge in [-0.3, -0.25) is 4.79 Å².